The summed E-state index contributed by atoms with van der Waals surface area (Å²) in [5.41, 5.74) is 0. The Bertz CT molecular complexity index is 93.1. The van der Waals surface area contributed by atoms with Gasteiger partial charge in [0.2, 0.25) is 0 Å². The van der Waals surface area contributed by atoms with Crippen molar-refractivity contribution in [2.45, 2.75) is 26.7 Å². The zero-order valence-electron chi connectivity index (χ0n) is 5.76. The molecule has 1 atom stereocenters. The quantitative estimate of drug-likeness (QED) is 0.488. The van der Waals surface area contributed by atoms with Crippen molar-refractivity contribution in [3.63, 3.8) is 0 Å². The van der Waals surface area contributed by atoms with Crippen LogP contribution in [0.25, 0.3) is 0 Å². The normalized spacial score (nSPS) is 12.8. The third-order valence-electron chi connectivity index (χ3n) is 1.21. The molecule has 0 rings (SSSR count). The number of rotatable bonds is 3. The van der Waals surface area contributed by atoms with E-state index in [2.05, 4.69) is 17.1 Å². The molecule has 0 fully saturated rings. The van der Waals surface area contributed by atoms with Crippen molar-refractivity contribution in [2.24, 2.45) is 5.92 Å². The molecule has 0 heterocycles. The lowest BCUT2D eigenvalue weighted by Gasteiger charge is -2.03. The minimum Gasteiger partial charge on any atom is -0.394 e. The van der Waals surface area contributed by atoms with Crippen molar-refractivity contribution in [3.8, 4) is 0 Å². The van der Waals surface area contributed by atoms with Gasteiger partial charge >= 0.3 is 5.97 Å². The van der Waals surface area contributed by atoms with Crippen LogP contribution in [0.3, 0.4) is 0 Å². The Labute approximate surface area is 61.2 Å². The van der Waals surface area contributed by atoms with Crippen LogP contribution in [0.4, 0.5) is 0 Å². The van der Waals surface area contributed by atoms with Crippen molar-refractivity contribution in [1.82, 2.24) is 0 Å². The molecule has 0 radical (unpaired) electrons. The van der Waals surface area contributed by atoms with Crippen LogP contribution in [-0.2, 0) is 8.98 Å². The second-order valence-corrected chi connectivity index (χ2v) is 2.28. The van der Waals surface area contributed by atoms with Crippen LogP contribution >= 0.6 is 12.9 Å². The standard InChI is InChI=1S/C6H12O2S/c1-3-4-5(2)6(7)8-9/h5,9H,3-4H2,1-2H3. The Balaban J connectivity index is 3.45. The smallest absolute Gasteiger partial charge is 0.320 e. The number of carbonyl (C=O) groups excluding carboxylic acids is 1. The Morgan fingerprint density at radius 1 is 1.78 bits per heavy atom. The van der Waals surface area contributed by atoms with Crippen LogP contribution in [0, 0.1) is 5.92 Å². The van der Waals surface area contributed by atoms with E-state index in [1.54, 1.807) is 0 Å². The maximum absolute atomic E-state index is 10.6. The molecule has 2 nitrogen and oxygen atoms in total. The maximum Gasteiger partial charge on any atom is 0.320 e. The molecule has 54 valence electrons. The van der Waals surface area contributed by atoms with Gasteiger partial charge in [-0.25, -0.2) is 0 Å². The monoisotopic (exact) mass is 148 g/mol. The Morgan fingerprint density at radius 2 is 2.33 bits per heavy atom. The second-order valence-electron chi connectivity index (χ2n) is 2.10. The highest BCUT2D eigenvalue weighted by Gasteiger charge is 2.10. The lowest BCUT2D eigenvalue weighted by atomic mass is 10.1. The summed E-state index contributed by atoms with van der Waals surface area (Å²) in [6.07, 6.45) is 1.88. The molecule has 0 spiro atoms. The summed E-state index contributed by atoms with van der Waals surface area (Å²) in [6.45, 7) is 3.87. The van der Waals surface area contributed by atoms with Gasteiger partial charge in [0.1, 0.15) is 0 Å². The number of carbonyl (C=O) groups is 1. The first-order valence-corrected chi connectivity index (χ1v) is 3.44. The SMILES string of the molecule is CCCC(C)C(=O)OS. The highest BCUT2D eigenvalue weighted by molar-refractivity contribution is 7.75. The van der Waals surface area contributed by atoms with E-state index in [1.807, 2.05) is 13.8 Å². The number of thiol groups is 1. The van der Waals surface area contributed by atoms with Gasteiger partial charge in [-0.15, -0.1) is 0 Å². The van der Waals surface area contributed by atoms with Crippen LogP contribution < -0.4 is 0 Å². The molecule has 9 heavy (non-hydrogen) atoms. The van der Waals surface area contributed by atoms with Crippen molar-refractivity contribution in [3.05, 3.63) is 0 Å². The molecule has 0 aromatic carbocycles. The van der Waals surface area contributed by atoms with Crippen LogP contribution in [0.2, 0.25) is 0 Å². The summed E-state index contributed by atoms with van der Waals surface area (Å²) in [5, 5.41) is 0. The van der Waals surface area contributed by atoms with Gasteiger partial charge < -0.3 is 4.18 Å². The molecule has 0 aliphatic heterocycles. The van der Waals surface area contributed by atoms with Gasteiger partial charge in [0, 0.05) is 12.9 Å². The van der Waals surface area contributed by atoms with Crippen LogP contribution in [-0.4, -0.2) is 5.97 Å². The highest BCUT2D eigenvalue weighted by atomic mass is 32.1. The predicted molar refractivity (Wildman–Crippen MR) is 39.2 cm³/mol. The van der Waals surface area contributed by atoms with Crippen LogP contribution in [0.5, 0.6) is 0 Å². The van der Waals surface area contributed by atoms with Crippen molar-refractivity contribution in [1.29, 1.82) is 0 Å². The minimum atomic E-state index is -0.236. The molecule has 0 aromatic heterocycles. The molecule has 3 heteroatoms. The Kier molecular flexibility index (Phi) is 4.58. The number of hydrogen-bond acceptors (Lipinski definition) is 3. The van der Waals surface area contributed by atoms with E-state index in [9.17, 15) is 4.79 Å². The van der Waals surface area contributed by atoms with E-state index in [4.69, 9.17) is 0 Å². The summed E-state index contributed by atoms with van der Waals surface area (Å²) in [5.74, 6) is -0.243. The first-order chi connectivity index (χ1) is 4.22. The highest BCUT2D eigenvalue weighted by Crippen LogP contribution is 2.07. The molecule has 0 amide bonds. The van der Waals surface area contributed by atoms with Crippen molar-refractivity contribution in [2.75, 3.05) is 0 Å². The molecule has 0 saturated carbocycles. The summed E-state index contributed by atoms with van der Waals surface area (Å²) in [6, 6.07) is 0. The second kappa shape index (κ2) is 4.68. The average molecular weight is 148 g/mol. The van der Waals surface area contributed by atoms with Crippen molar-refractivity contribution < 1.29 is 8.98 Å². The molecule has 0 aromatic rings. The lowest BCUT2D eigenvalue weighted by Crippen LogP contribution is -2.09. The molecule has 0 aliphatic carbocycles. The van der Waals surface area contributed by atoms with E-state index in [0.29, 0.717) is 0 Å². The maximum atomic E-state index is 10.6. The number of hydrogen-bond donors (Lipinski definition) is 1. The summed E-state index contributed by atoms with van der Waals surface area (Å²) in [4.78, 5) is 10.6. The molecule has 0 bridgehead atoms. The minimum absolute atomic E-state index is 0.00694. The molecular weight excluding hydrogens is 136 g/mol. The summed E-state index contributed by atoms with van der Waals surface area (Å²) in [7, 11) is 0. The first-order valence-electron chi connectivity index (χ1n) is 3.07. The fourth-order valence-electron chi connectivity index (χ4n) is 0.641. The van der Waals surface area contributed by atoms with E-state index in [-0.39, 0.29) is 11.9 Å². The zero-order chi connectivity index (χ0) is 7.28. The van der Waals surface area contributed by atoms with E-state index < -0.39 is 0 Å². The fraction of sp³-hybridized carbons (Fsp3) is 0.833. The van der Waals surface area contributed by atoms with Gasteiger partial charge in [-0.3, -0.25) is 4.79 Å². The van der Waals surface area contributed by atoms with Crippen molar-refractivity contribution >= 4 is 18.9 Å². The summed E-state index contributed by atoms with van der Waals surface area (Å²) >= 11 is 3.40. The molecule has 1 unspecified atom stereocenters. The fourth-order valence-corrected chi connectivity index (χ4v) is 0.821. The van der Waals surface area contributed by atoms with Gasteiger partial charge in [0.15, 0.2) is 0 Å². The third-order valence-corrected chi connectivity index (χ3v) is 1.39. The molecular formula is C6H12O2S. The Morgan fingerprint density at radius 3 is 2.67 bits per heavy atom. The lowest BCUT2D eigenvalue weighted by molar-refractivity contribution is -0.136. The van der Waals surface area contributed by atoms with E-state index in [0.717, 1.165) is 12.8 Å². The average Bonchev–Trinajstić information content (AvgIpc) is 1.87. The molecule has 0 saturated heterocycles. The predicted octanol–water partition coefficient (Wildman–Crippen LogP) is 1.81. The third kappa shape index (κ3) is 3.40. The van der Waals surface area contributed by atoms with E-state index in [1.165, 1.54) is 0 Å². The largest absolute Gasteiger partial charge is 0.394 e. The Hall–Kier alpha value is -0.180. The van der Waals surface area contributed by atoms with E-state index >= 15 is 0 Å². The summed E-state index contributed by atoms with van der Waals surface area (Å²) < 4.78 is 4.22. The van der Waals surface area contributed by atoms with Gasteiger partial charge in [-0.2, -0.15) is 0 Å². The molecule has 0 aliphatic rings. The van der Waals surface area contributed by atoms with Gasteiger partial charge in [-0.1, -0.05) is 20.3 Å². The first kappa shape index (κ1) is 8.82. The molecule has 0 N–H and O–H groups in total. The van der Waals surface area contributed by atoms with Crippen LogP contribution in [0.15, 0.2) is 0 Å². The topological polar surface area (TPSA) is 26.3 Å². The van der Waals surface area contributed by atoms with Gasteiger partial charge in [0.05, 0.1) is 5.92 Å². The van der Waals surface area contributed by atoms with Gasteiger partial charge in [-0.05, 0) is 6.42 Å². The van der Waals surface area contributed by atoms with Gasteiger partial charge in [0.25, 0.3) is 0 Å². The zero-order valence-corrected chi connectivity index (χ0v) is 6.65. The van der Waals surface area contributed by atoms with Crippen LogP contribution in [0.1, 0.15) is 26.7 Å².